The number of nitrogens with zero attached hydrogens (tertiary/aromatic N) is 5. The molecule has 0 N–H and O–H groups in total. The van der Waals surface area contributed by atoms with Gasteiger partial charge in [0.15, 0.2) is 0 Å². The molecule has 0 aliphatic carbocycles. The topological polar surface area (TPSA) is 88.5 Å². The Kier molecular flexibility index (Phi) is 7.05. The van der Waals surface area contributed by atoms with Gasteiger partial charge in [-0.1, -0.05) is 18.3 Å². The molecule has 150 valence electrons. The number of hydrogen-bond acceptors (Lipinski definition) is 7. The molecule has 1 saturated heterocycles. The van der Waals surface area contributed by atoms with Crippen LogP contribution in [0, 0.1) is 5.92 Å². The highest BCUT2D eigenvalue weighted by molar-refractivity contribution is 7.15. The molecule has 2 amide bonds. The van der Waals surface area contributed by atoms with Gasteiger partial charge in [-0.3, -0.25) is 19.5 Å². The van der Waals surface area contributed by atoms with E-state index in [1.165, 1.54) is 11.3 Å². The number of pyridine rings is 1. The maximum absolute atomic E-state index is 13.1. The van der Waals surface area contributed by atoms with Crippen molar-refractivity contribution >= 4 is 28.3 Å². The standard InChI is InChI=1S/C19H25N5O3S/c1-3-4-16-21-22-19(28-16)24-13-15(11-17(24)25)18(26)23(9-10-27-2)12-14-5-7-20-8-6-14/h5-8,15H,3-4,9-13H2,1-2H3. The van der Waals surface area contributed by atoms with Gasteiger partial charge < -0.3 is 9.64 Å². The fourth-order valence-electron chi connectivity index (χ4n) is 3.16. The number of ether oxygens (including phenoxy) is 1. The Morgan fingerprint density at radius 1 is 1.36 bits per heavy atom. The Morgan fingerprint density at radius 2 is 2.14 bits per heavy atom. The van der Waals surface area contributed by atoms with Gasteiger partial charge in [0.05, 0.1) is 12.5 Å². The van der Waals surface area contributed by atoms with Crippen LogP contribution < -0.4 is 4.90 Å². The molecule has 1 atom stereocenters. The average molecular weight is 404 g/mol. The quantitative estimate of drug-likeness (QED) is 0.636. The Labute approximate surface area is 168 Å². The lowest BCUT2D eigenvalue weighted by atomic mass is 10.1. The number of carbonyl (C=O) groups is 2. The number of aromatic nitrogens is 3. The van der Waals surface area contributed by atoms with Crippen LogP contribution in [0.1, 0.15) is 30.3 Å². The monoisotopic (exact) mass is 403 g/mol. The van der Waals surface area contributed by atoms with Crippen LogP contribution in [-0.4, -0.2) is 58.7 Å². The summed E-state index contributed by atoms with van der Waals surface area (Å²) in [4.78, 5) is 33.0. The van der Waals surface area contributed by atoms with E-state index in [1.807, 2.05) is 12.1 Å². The molecule has 2 aromatic heterocycles. The first kappa shape index (κ1) is 20.3. The van der Waals surface area contributed by atoms with E-state index in [0.29, 0.717) is 31.4 Å². The van der Waals surface area contributed by atoms with Crippen LogP contribution >= 0.6 is 11.3 Å². The molecular weight excluding hydrogens is 378 g/mol. The SMILES string of the molecule is CCCc1nnc(N2CC(C(=O)N(CCOC)Cc3ccncc3)CC2=O)s1. The predicted molar refractivity (Wildman–Crippen MR) is 106 cm³/mol. The summed E-state index contributed by atoms with van der Waals surface area (Å²) in [5.41, 5.74) is 0.994. The van der Waals surface area contributed by atoms with Crippen molar-refractivity contribution in [2.75, 3.05) is 31.7 Å². The summed E-state index contributed by atoms with van der Waals surface area (Å²) >= 11 is 1.43. The first-order valence-corrected chi connectivity index (χ1v) is 10.2. The number of methoxy groups -OCH3 is 1. The molecule has 1 fully saturated rings. The number of anilines is 1. The summed E-state index contributed by atoms with van der Waals surface area (Å²) in [6.07, 6.45) is 5.43. The molecule has 3 heterocycles. The lowest BCUT2D eigenvalue weighted by Gasteiger charge is -2.25. The van der Waals surface area contributed by atoms with Crippen molar-refractivity contribution in [2.45, 2.75) is 32.7 Å². The van der Waals surface area contributed by atoms with Gasteiger partial charge in [0, 0.05) is 52.0 Å². The van der Waals surface area contributed by atoms with E-state index >= 15 is 0 Å². The minimum Gasteiger partial charge on any atom is -0.383 e. The normalized spacial score (nSPS) is 16.6. The van der Waals surface area contributed by atoms with Crippen LogP contribution in [0.2, 0.25) is 0 Å². The molecule has 1 unspecified atom stereocenters. The van der Waals surface area contributed by atoms with E-state index in [9.17, 15) is 9.59 Å². The molecule has 1 aliphatic heterocycles. The molecule has 0 bridgehead atoms. The Balaban J connectivity index is 1.69. The van der Waals surface area contributed by atoms with Crippen LogP contribution in [0.4, 0.5) is 5.13 Å². The maximum atomic E-state index is 13.1. The van der Waals surface area contributed by atoms with Crippen molar-refractivity contribution in [1.29, 1.82) is 0 Å². The Hall–Kier alpha value is -2.39. The first-order chi connectivity index (χ1) is 13.6. The number of hydrogen-bond donors (Lipinski definition) is 0. The first-order valence-electron chi connectivity index (χ1n) is 9.41. The minimum absolute atomic E-state index is 0.0389. The van der Waals surface area contributed by atoms with Gasteiger partial charge in [-0.05, 0) is 24.1 Å². The fourth-order valence-corrected chi connectivity index (χ4v) is 4.13. The largest absolute Gasteiger partial charge is 0.383 e. The summed E-state index contributed by atoms with van der Waals surface area (Å²) in [7, 11) is 1.61. The van der Waals surface area contributed by atoms with E-state index in [1.54, 1.807) is 29.3 Å². The zero-order valence-electron chi connectivity index (χ0n) is 16.2. The predicted octanol–water partition coefficient (Wildman–Crippen LogP) is 1.91. The highest BCUT2D eigenvalue weighted by Crippen LogP contribution is 2.29. The van der Waals surface area contributed by atoms with E-state index in [2.05, 4.69) is 22.1 Å². The van der Waals surface area contributed by atoms with Gasteiger partial charge in [0.25, 0.3) is 0 Å². The number of carbonyl (C=O) groups excluding carboxylic acids is 2. The van der Waals surface area contributed by atoms with Gasteiger partial charge in [0.1, 0.15) is 5.01 Å². The molecule has 0 spiro atoms. The van der Waals surface area contributed by atoms with E-state index in [0.717, 1.165) is 23.4 Å². The minimum atomic E-state index is -0.385. The molecule has 28 heavy (non-hydrogen) atoms. The van der Waals surface area contributed by atoms with Crippen molar-refractivity contribution in [3.8, 4) is 0 Å². The highest BCUT2D eigenvalue weighted by Gasteiger charge is 2.38. The second-order valence-electron chi connectivity index (χ2n) is 6.74. The summed E-state index contributed by atoms with van der Waals surface area (Å²) < 4.78 is 5.16. The molecule has 9 heteroatoms. The third-order valence-electron chi connectivity index (χ3n) is 4.63. The van der Waals surface area contributed by atoms with Crippen LogP contribution in [0.5, 0.6) is 0 Å². The van der Waals surface area contributed by atoms with E-state index in [4.69, 9.17) is 4.74 Å². The summed E-state index contributed by atoms with van der Waals surface area (Å²) in [6.45, 7) is 3.81. The number of rotatable bonds is 9. The molecule has 0 aromatic carbocycles. The fraction of sp³-hybridized carbons (Fsp3) is 0.526. The molecule has 0 radical (unpaired) electrons. The smallest absolute Gasteiger partial charge is 0.229 e. The molecular formula is C19H25N5O3S. The highest BCUT2D eigenvalue weighted by atomic mass is 32.1. The van der Waals surface area contributed by atoms with Crippen molar-refractivity contribution in [2.24, 2.45) is 5.92 Å². The Bertz CT molecular complexity index is 798. The van der Waals surface area contributed by atoms with Crippen LogP contribution in [0.25, 0.3) is 0 Å². The lowest BCUT2D eigenvalue weighted by molar-refractivity contribution is -0.137. The third kappa shape index (κ3) is 4.90. The van der Waals surface area contributed by atoms with Crippen LogP contribution in [0.3, 0.4) is 0 Å². The lowest BCUT2D eigenvalue weighted by Crippen LogP contribution is -2.39. The molecule has 0 saturated carbocycles. The van der Waals surface area contributed by atoms with Crippen molar-refractivity contribution < 1.29 is 14.3 Å². The number of amides is 2. The van der Waals surface area contributed by atoms with E-state index in [-0.39, 0.29) is 24.2 Å². The average Bonchev–Trinajstić information content (AvgIpc) is 3.32. The van der Waals surface area contributed by atoms with Gasteiger partial charge in [-0.25, -0.2) is 0 Å². The van der Waals surface area contributed by atoms with Gasteiger partial charge >= 0.3 is 0 Å². The van der Waals surface area contributed by atoms with Crippen LogP contribution in [-0.2, 0) is 27.3 Å². The zero-order valence-corrected chi connectivity index (χ0v) is 17.0. The molecule has 1 aliphatic rings. The van der Waals surface area contributed by atoms with Crippen molar-refractivity contribution in [3.63, 3.8) is 0 Å². The van der Waals surface area contributed by atoms with Crippen molar-refractivity contribution in [3.05, 3.63) is 35.1 Å². The van der Waals surface area contributed by atoms with Crippen LogP contribution in [0.15, 0.2) is 24.5 Å². The second kappa shape index (κ2) is 9.70. The number of aryl methyl sites for hydroxylation is 1. The van der Waals surface area contributed by atoms with Gasteiger partial charge in [-0.2, -0.15) is 0 Å². The van der Waals surface area contributed by atoms with Crippen molar-refractivity contribution in [1.82, 2.24) is 20.1 Å². The maximum Gasteiger partial charge on any atom is 0.229 e. The molecule has 8 nitrogen and oxygen atoms in total. The molecule has 3 rings (SSSR count). The third-order valence-corrected chi connectivity index (χ3v) is 5.63. The second-order valence-corrected chi connectivity index (χ2v) is 7.78. The summed E-state index contributed by atoms with van der Waals surface area (Å²) in [5, 5.41) is 9.79. The summed E-state index contributed by atoms with van der Waals surface area (Å²) in [6, 6.07) is 3.77. The van der Waals surface area contributed by atoms with Gasteiger partial charge in [-0.15, -0.1) is 10.2 Å². The summed E-state index contributed by atoms with van der Waals surface area (Å²) in [5.74, 6) is -0.499. The van der Waals surface area contributed by atoms with E-state index < -0.39 is 0 Å². The zero-order chi connectivity index (χ0) is 19.9. The molecule has 2 aromatic rings. The Morgan fingerprint density at radius 3 is 2.86 bits per heavy atom. The van der Waals surface area contributed by atoms with Gasteiger partial charge in [0.2, 0.25) is 16.9 Å².